The van der Waals surface area contributed by atoms with Crippen molar-refractivity contribution < 1.29 is 14.3 Å². The van der Waals surface area contributed by atoms with Crippen molar-refractivity contribution in [1.29, 1.82) is 0 Å². The number of nitrogens with one attached hydrogen (secondary N) is 2. The van der Waals surface area contributed by atoms with E-state index in [1.807, 2.05) is 60.0 Å². The van der Waals surface area contributed by atoms with E-state index in [4.69, 9.17) is 4.74 Å². The summed E-state index contributed by atoms with van der Waals surface area (Å²) in [6.45, 7) is 8.22. The number of nitrogens with zero attached hydrogens (tertiary/aromatic N) is 3. The molecule has 1 heterocycles. The van der Waals surface area contributed by atoms with Gasteiger partial charge in [0.25, 0.3) is 0 Å². The molecule has 9 heteroatoms. The van der Waals surface area contributed by atoms with Crippen LogP contribution in [0.2, 0.25) is 0 Å². The summed E-state index contributed by atoms with van der Waals surface area (Å²) in [4.78, 5) is 25.0. The molecule has 0 aliphatic carbocycles. The number of anilines is 1. The van der Waals surface area contributed by atoms with Gasteiger partial charge in [0.2, 0.25) is 11.8 Å². The maximum Gasteiger partial charge on any atom is 0.234 e. The summed E-state index contributed by atoms with van der Waals surface area (Å²) in [5.41, 5.74) is 2.86. The molecule has 2 amide bonds. The Morgan fingerprint density at radius 1 is 1.09 bits per heavy atom. The van der Waals surface area contributed by atoms with E-state index in [1.54, 1.807) is 13.2 Å². The van der Waals surface area contributed by atoms with Crippen molar-refractivity contribution in [2.24, 2.45) is 0 Å². The number of hydrogen-bond acceptors (Lipinski definition) is 6. The molecule has 1 unspecified atom stereocenters. The smallest absolute Gasteiger partial charge is 0.234 e. The Labute approximate surface area is 210 Å². The lowest BCUT2D eigenvalue weighted by atomic mass is 10.1. The Hall–Kier alpha value is -3.59. The Bertz CT molecular complexity index is 1140. The number of carbonyl (C=O) groups excluding carboxylic acids is 2. The van der Waals surface area contributed by atoms with Crippen molar-refractivity contribution in [2.45, 2.75) is 44.4 Å². The molecule has 2 N–H and O–H groups in total. The minimum atomic E-state index is -0.367. The lowest BCUT2D eigenvalue weighted by Gasteiger charge is -2.15. The summed E-state index contributed by atoms with van der Waals surface area (Å²) in [5, 5.41) is 15.0. The molecule has 0 saturated carbocycles. The number of rotatable bonds is 12. The van der Waals surface area contributed by atoms with Crippen molar-refractivity contribution in [3.63, 3.8) is 0 Å². The van der Waals surface area contributed by atoms with E-state index in [0.29, 0.717) is 17.5 Å². The summed E-state index contributed by atoms with van der Waals surface area (Å²) < 4.78 is 7.01. The highest BCUT2D eigenvalue weighted by Gasteiger charge is 2.20. The van der Waals surface area contributed by atoms with Gasteiger partial charge in [-0.25, -0.2) is 0 Å². The summed E-state index contributed by atoms with van der Waals surface area (Å²) in [6.07, 6.45) is 2.93. The fourth-order valence-corrected chi connectivity index (χ4v) is 4.22. The van der Waals surface area contributed by atoms with E-state index in [-0.39, 0.29) is 30.0 Å². The third-order valence-corrected chi connectivity index (χ3v) is 6.29. The Morgan fingerprint density at radius 2 is 1.77 bits per heavy atom. The van der Waals surface area contributed by atoms with Gasteiger partial charge in [0.05, 0.1) is 25.3 Å². The van der Waals surface area contributed by atoms with Crippen molar-refractivity contribution in [3.05, 3.63) is 78.1 Å². The first-order chi connectivity index (χ1) is 16.9. The molecule has 1 atom stereocenters. The summed E-state index contributed by atoms with van der Waals surface area (Å²) in [7, 11) is 1.60. The minimum absolute atomic E-state index is 0.126. The fourth-order valence-electron chi connectivity index (χ4n) is 3.46. The van der Waals surface area contributed by atoms with Crippen molar-refractivity contribution in [2.75, 3.05) is 18.2 Å². The second kappa shape index (κ2) is 12.8. The predicted octanol–water partition coefficient (Wildman–Crippen LogP) is 4.19. The van der Waals surface area contributed by atoms with Gasteiger partial charge in [-0.1, -0.05) is 49.0 Å². The van der Waals surface area contributed by atoms with Crippen LogP contribution in [0.3, 0.4) is 0 Å². The lowest BCUT2D eigenvalue weighted by Crippen LogP contribution is -2.30. The van der Waals surface area contributed by atoms with E-state index in [0.717, 1.165) is 23.4 Å². The van der Waals surface area contributed by atoms with Gasteiger partial charge in [-0.3, -0.25) is 9.59 Å². The van der Waals surface area contributed by atoms with Gasteiger partial charge in [0.1, 0.15) is 5.75 Å². The molecule has 184 valence electrons. The van der Waals surface area contributed by atoms with Gasteiger partial charge in [-0.2, -0.15) is 0 Å². The normalized spacial score (nSPS) is 11.5. The maximum atomic E-state index is 12.6. The van der Waals surface area contributed by atoms with Crippen molar-refractivity contribution in [1.82, 2.24) is 20.1 Å². The largest absolute Gasteiger partial charge is 0.497 e. The number of aryl methyl sites for hydroxylation is 1. The zero-order valence-corrected chi connectivity index (χ0v) is 21.1. The number of ether oxygens (including phenoxy) is 1. The second-order valence-corrected chi connectivity index (χ2v) is 8.88. The van der Waals surface area contributed by atoms with Crippen LogP contribution < -0.4 is 15.4 Å². The van der Waals surface area contributed by atoms with Crippen LogP contribution >= 0.6 is 11.8 Å². The van der Waals surface area contributed by atoms with Gasteiger partial charge in [0, 0.05) is 12.2 Å². The average molecular weight is 494 g/mol. The van der Waals surface area contributed by atoms with Crippen LogP contribution in [0.5, 0.6) is 5.75 Å². The van der Waals surface area contributed by atoms with Crippen molar-refractivity contribution in [3.8, 4) is 5.75 Å². The van der Waals surface area contributed by atoms with Crippen molar-refractivity contribution >= 4 is 29.3 Å². The molecular formula is C26H31N5O3S. The number of hydrogen-bond donors (Lipinski definition) is 2. The van der Waals surface area contributed by atoms with Crippen LogP contribution in [0.25, 0.3) is 0 Å². The quantitative estimate of drug-likeness (QED) is 0.290. The van der Waals surface area contributed by atoms with E-state index in [2.05, 4.69) is 34.3 Å². The number of aromatic nitrogens is 3. The number of carbonyl (C=O) groups is 2. The molecule has 2 aromatic carbocycles. The molecule has 3 aromatic rings. The number of amides is 2. The second-order valence-electron chi connectivity index (χ2n) is 7.94. The van der Waals surface area contributed by atoms with Crippen LogP contribution in [0.4, 0.5) is 5.69 Å². The zero-order chi connectivity index (χ0) is 25.2. The third kappa shape index (κ3) is 7.45. The third-order valence-electron chi connectivity index (χ3n) is 5.32. The van der Waals surface area contributed by atoms with E-state index in [9.17, 15) is 9.59 Å². The Morgan fingerprint density at radius 3 is 2.40 bits per heavy atom. The first kappa shape index (κ1) is 26.0. The van der Waals surface area contributed by atoms with Gasteiger partial charge >= 0.3 is 0 Å². The number of allylic oxidation sites excluding steroid dienone is 1. The van der Waals surface area contributed by atoms with Gasteiger partial charge in [-0.15, -0.1) is 16.8 Å². The van der Waals surface area contributed by atoms with Crippen LogP contribution in [0.1, 0.15) is 36.8 Å². The lowest BCUT2D eigenvalue weighted by molar-refractivity contribution is -0.121. The minimum Gasteiger partial charge on any atom is -0.497 e. The Kier molecular flexibility index (Phi) is 9.48. The van der Waals surface area contributed by atoms with Gasteiger partial charge in [0.15, 0.2) is 11.0 Å². The molecule has 0 aliphatic heterocycles. The molecule has 0 saturated heterocycles. The highest BCUT2D eigenvalue weighted by molar-refractivity contribution is 7.99. The highest BCUT2D eigenvalue weighted by atomic mass is 32.2. The maximum absolute atomic E-state index is 12.6. The molecule has 35 heavy (non-hydrogen) atoms. The zero-order valence-electron chi connectivity index (χ0n) is 20.3. The van der Waals surface area contributed by atoms with Gasteiger partial charge in [-0.05, 0) is 48.7 Å². The number of thioether (sulfide) groups is 1. The molecule has 3 rings (SSSR count). The van der Waals surface area contributed by atoms with Crippen LogP contribution in [-0.4, -0.2) is 39.4 Å². The molecule has 0 spiro atoms. The van der Waals surface area contributed by atoms with Crippen LogP contribution in [-0.2, 0) is 29.0 Å². The van der Waals surface area contributed by atoms with E-state index < -0.39 is 0 Å². The molecule has 0 fully saturated rings. The molecule has 0 radical (unpaired) electrons. The molecule has 1 aromatic heterocycles. The standard InChI is InChI=1S/C26H31N5O3S/c1-5-15-31-25(18(3)27-23(32)16-20-9-13-22(34-4)14-10-20)29-30-26(31)35-17-24(33)28-21-11-7-19(6-2)8-12-21/h5,7-14,18H,1,6,15-17H2,2-4H3,(H,27,32)(H,28,33). The number of methoxy groups -OCH3 is 1. The molecular weight excluding hydrogens is 462 g/mol. The fraction of sp³-hybridized carbons (Fsp3) is 0.308. The SMILES string of the molecule is C=CCn1c(SCC(=O)Nc2ccc(CC)cc2)nnc1C(C)NC(=O)Cc1ccc(OC)cc1. The monoisotopic (exact) mass is 493 g/mol. The summed E-state index contributed by atoms with van der Waals surface area (Å²) in [6, 6.07) is 14.8. The first-order valence-corrected chi connectivity index (χ1v) is 12.4. The summed E-state index contributed by atoms with van der Waals surface area (Å²) >= 11 is 1.29. The molecule has 8 nitrogen and oxygen atoms in total. The first-order valence-electron chi connectivity index (χ1n) is 11.4. The Balaban J connectivity index is 1.59. The molecule has 0 bridgehead atoms. The van der Waals surface area contributed by atoms with E-state index in [1.165, 1.54) is 17.3 Å². The summed E-state index contributed by atoms with van der Waals surface area (Å²) in [5.74, 6) is 1.27. The topological polar surface area (TPSA) is 98.1 Å². The number of benzene rings is 2. The molecule has 0 aliphatic rings. The van der Waals surface area contributed by atoms with E-state index >= 15 is 0 Å². The van der Waals surface area contributed by atoms with Gasteiger partial charge < -0.3 is 19.9 Å². The van der Waals surface area contributed by atoms with Crippen LogP contribution in [0.15, 0.2) is 66.3 Å². The van der Waals surface area contributed by atoms with Crippen LogP contribution in [0, 0.1) is 0 Å². The highest BCUT2D eigenvalue weighted by Crippen LogP contribution is 2.21. The average Bonchev–Trinajstić information content (AvgIpc) is 3.26. The predicted molar refractivity (Wildman–Crippen MR) is 139 cm³/mol.